The van der Waals surface area contributed by atoms with Gasteiger partial charge in [-0.2, -0.15) is 0 Å². The summed E-state index contributed by atoms with van der Waals surface area (Å²) in [5.41, 5.74) is 0. The molecule has 1 aromatic carbocycles. The van der Waals surface area contributed by atoms with Gasteiger partial charge in [-0.05, 0) is 36.4 Å². The van der Waals surface area contributed by atoms with Gasteiger partial charge >= 0.3 is 29.6 Å². The van der Waals surface area contributed by atoms with Gasteiger partial charge in [0.1, 0.15) is 5.75 Å². The Labute approximate surface area is 128 Å². The molecule has 0 spiro atoms. The van der Waals surface area contributed by atoms with Crippen molar-refractivity contribution in [3.63, 3.8) is 0 Å². The second kappa shape index (κ2) is 8.39. The third-order valence-corrected chi connectivity index (χ3v) is 3.75. The van der Waals surface area contributed by atoms with Gasteiger partial charge in [0.25, 0.3) is 0 Å². The molecule has 1 rings (SSSR count). The molecule has 0 bridgehead atoms. The summed E-state index contributed by atoms with van der Waals surface area (Å²) in [6, 6.07) is 7.48. The smallest absolute Gasteiger partial charge is 0.748 e. The molecule has 7 heteroatoms. The Bertz CT molecular complexity index is 416. The topological polar surface area (TPSA) is 66.4 Å². The average molecular weight is 284 g/mol. The number of hydrogen-bond donors (Lipinski definition) is 0. The van der Waals surface area contributed by atoms with Crippen molar-refractivity contribution in [2.45, 2.75) is 11.3 Å². The van der Waals surface area contributed by atoms with Gasteiger partial charge < -0.3 is 9.29 Å². The summed E-state index contributed by atoms with van der Waals surface area (Å²) in [7, 11) is -2.47. The summed E-state index contributed by atoms with van der Waals surface area (Å²) in [6.45, 7) is 0. The minimum absolute atomic E-state index is 0. The molecule has 0 fully saturated rings. The standard InChI is InChI=1S/C10H14O4S2.Na/c1-14-9-3-5-10(6-4-9)15-7-2-8-16(11,12)13;/h3-6H,2,7-8H2,1H3,(H,11,12,13);/q;+1/p-1. The molecule has 1 aromatic rings. The zero-order valence-electron chi connectivity index (χ0n) is 9.88. The molecule has 0 N–H and O–H groups in total. The van der Waals surface area contributed by atoms with Gasteiger partial charge in [-0.25, -0.2) is 8.42 Å². The first-order valence-electron chi connectivity index (χ1n) is 4.72. The first kappa shape index (κ1) is 17.3. The third-order valence-electron chi connectivity index (χ3n) is 1.87. The quantitative estimate of drug-likeness (QED) is 0.282. The van der Waals surface area contributed by atoms with Gasteiger partial charge in [0.15, 0.2) is 0 Å². The van der Waals surface area contributed by atoms with Gasteiger partial charge in [-0.3, -0.25) is 0 Å². The van der Waals surface area contributed by atoms with E-state index in [0.29, 0.717) is 12.2 Å². The van der Waals surface area contributed by atoms with Crippen molar-refractivity contribution in [2.24, 2.45) is 0 Å². The SMILES string of the molecule is COc1ccc(SCCCS(=O)(=O)[O-])cc1.[Na+]. The summed E-state index contributed by atoms with van der Waals surface area (Å²) >= 11 is 1.52. The molecule has 0 saturated carbocycles. The van der Waals surface area contributed by atoms with Crippen molar-refractivity contribution in [2.75, 3.05) is 18.6 Å². The largest absolute Gasteiger partial charge is 1.00 e. The maximum Gasteiger partial charge on any atom is 1.00 e. The Balaban J connectivity index is 0.00000256. The summed E-state index contributed by atoms with van der Waals surface area (Å²) in [5, 5.41) is 0. The first-order valence-corrected chi connectivity index (χ1v) is 7.28. The van der Waals surface area contributed by atoms with Crippen LogP contribution in [0.1, 0.15) is 6.42 Å². The number of hydrogen-bond acceptors (Lipinski definition) is 5. The van der Waals surface area contributed by atoms with Crippen LogP contribution in [-0.4, -0.2) is 31.6 Å². The molecule has 17 heavy (non-hydrogen) atoms. The molecule has 0 atom stereocenters. The molecule has 0 aliphatic rings. The molecule has 0 aliphatic heterocycles. The zero-order valence-corrected chi connectivity index (χ0v) is 13.5. The minimum Gasteiger partial charge on any atom is -0.748 e. The average Bonchev–Trinajstić information content (AvgIpc) is 2.24. The van der Waals surface area contributed by atoms with Crippen LogP contribution < -0.4 is 34.3 Å². The maximum atomic E-state index is 10.3. The normalized spacial score (nSPS) is 10.7. The van der Waals surface area contributed by atoms with Gasteiger partial charge in [0.2, 0.25) is 0 Å². The van der Waals surface area contributed by atoms with E-state index in [1.807, 2.05) is 24.3 Å². The molecule has 0 saturated heterocycles. The number of methoxy groups -OCH3 is 1. The zero-order chi connectivity index (χ0) is 12.0. The summed E-state index contributed by atoms with van der Waals surface area (Å²) in [6.07, 6.45) is 0.378. The van der Waals surface area contributed by atoms with Crippen LogP contribution in [0, 0.1) is 0 Å². The van der Waals surface area contributed by atoms with Gasteiger partial charge in [-0.15, -0.1) is 11.8 Å². The molecular weight excluding hydrogens is 271 g/mol. The molecule has 0 amide bonds. The van der Waals surface area contributed by atoms with E-state index >= 15 is 0 Å². The van der Waals surface area contributed by atoms with Gasteiger partial charge in [0.05, 0.1) is 17.2 Å². The molecule has 4 nitrogen and oxygen atoms in total. The van der Waals surface area contributed by atoms with Crippen molar-refractivity contribution in [3.05, 3.63) is 24.3 Å². The first-order chi connectivity index (χ1) is 7.51. The van der Waals surface area contributed by atoms with Crippen molar-refractivity contribution in [3.8, 4) is 5.75 Å². The molecular formula is C10H13NaO4S2. The van der Waals surface area contributed by atoms with E-state index in [0.717, 1.165) is 10.6 Å². The minimum atomic E-state index is -4.07. The van der Waals surface area contributed by atoms with E-state index in [1.54, 1.807) is 7.11 Å². The number of thioether (sulfide) groups is 1. The summed E-state index contributed by atoms with van der Waals surface area (Å²) < 4.78 is 36.0. The fourth-order valence-electron chi connectivity index (χ4n) is 1.10. The Morgan fingerprint density at radius 3 is 2.35 bits per heavy atom. The van der Waals surface area contributed by atoms with Crippen molar-refractivity contribution in [1.29, 1.82) is 0 Å². The second-order valence-electron chi connectivity index (χ2n) is 3.14. The predicted octanol–water partition coefficient (Wildman–Crippen LogP) is -1.27. The predicted molar refractivity (Wildman–Crippen MR) is 62.9 cm³/mol. The fraction of sp³-hybridized carbons (Fsp3) is 0.400. The monoisotopic (exact) mass is 284 g/mol. The number of ether oxygens (including phenoxy) is 1. The van der Waals surface area contributed by atoms with E-state index < -0.39 is 10.1 Å². The van der Waals surface area contributed by atoms with Crippen LogP contribution in [0.5, 0.6) is 5.75 Å². The maximum absolute atomic E-state index is 10.3. The molecule has 90 valence electrons. The van der Waals surface area contributed by atoms with Crippen LogP contribution in [0.4, 0.5) is 0 Å². The van der Waals surface area contributed by atoms with E-state index in [1.165, 1.54) is 11.8 Å². The van der Waals surface area contributed by atoms with Crippen LogP contribution in [-0.2, 0) is 10.1 Å². The molecule has 0 radical (unpaired) electrons. The van der Waals surface area contributed by atoms with Crippen LogP contribution >= 0.6 is 11.8 Å². The second-order valence-corrected chi connectivity index (χ2v) is 5.83. The van der Waals surface area contributed by atoms with Gasteiger partial charge in [-0.1, -0.05) is 0 Å². The van der Waals surface area contributed by atoms with E-state index in [4.69, 9.17) is 4.74 Å². The third kappa shape index (κ3) is 8.07. The van der Waals surface area contributed by atoms with E-state index in [-0.39, 0.29) is 35.3 Å². The Morgan fingerprint density at radius 1 is 1.29 bits per heavy atom. The Hall–Kier alpha value is 0.280. The molecule has 0 heterocycles. The molecule has 0 aliphatic carbocycles. The van der Waals surface area contributed by atoms with Crippen molar-refractivity contribution >= 4 is 21.9 Å². The summed E-state index contributed by atoms with van der Waals surface area (Å²) in [5.74, 6) is 1.11. The Morgan fingerprint density at radius 2 is 1.88 bits per heavy atom. The van der Waals surface area contributed by atoms with Crippen LogP contribution in [0.3, 0.4) is 0 Å². The number of rotatable bonds is 6. The molecule has 0 unspecified atom stereocenters. The van der Waals surface area contributed by atoms with Crippen molar-refractivity contribution in [1.82, 2.24) is 0 Å². The number of benzene rings is 1. The van der Waals surface area contributed by atoms with Gasteiger partial charge in [0, 0.05) is 10.6 Å². The Kier molecular flexibility index (Phi) is 8.53. The van der Waals surface area contributed by atoms with Crippen LogP contribution in [0.2, 0.25) is 0 Å². The van der Waals surface area contributed by atoms with E-state index in [9.17, 15) is 13.0 Å². The van der Waals surface area contributed by atoms with Crippen LogP contribution in [0.15, 0.2) is 29.2 Å². The fourth-order valence-corrected chi connectivity index (χ4v) is 2.63. The van der Waals surface area contributed by atoms with E-state index in [2.05, 4.69) is 0 Å². The van der Waals surface area contributed by atoms with Crippen LogP contribution in [0.25, 0.3) is 0 Å². The summed E-state index contributed by atoms with van der Waals surface area (Å²) in [4.78, 5) is 1.03. The molecule has 0 aromatic heterocycles. The van der Waals surface area contributed by atoms with Crippen molar-refractivity contribution < 1.29 is 47.3 Å².